The van der Waals surface area contributed by atoms with E-state index in [0.29, 0.717) is 6.42 Å². The Bertz CT molecular complexity index is 42.8. The summed E-state index contributed by atoms with van der Waals surface area (Å²) in [5, 5.41) is 0. The Morgan fingerprint density at radius 3 is 1.83 bits per heavy atom. The largest absolute Gasteiger partial charge is 0.300 e. The molecule has 0 aliphatic carbocycles. The van der Waals surface area contributed by atoms with Crippen LogP contribution in [0.25, 0.3) is 0 Å². The maximum absolute atomic E-state index is 9.81. The molecular weight excluding hydrogens is 74.9 g/mol. The molecule has 0 saturated heterocycles. The Morgan fingerprint density at radius 2 is 1.83 bits per heavy atom. The summed E-state index contributed by atoms with van der Waals surface area (Å²) in [6.45, 7) is 3.43. The highest BCUT2D eigenvalue weighted by atomic mass is 16.1. The monoisotopic (exact) mass is 83.1 g/mol. The van der Waals surface area contributed by atoms with Crippen LogP contribution in [0.2, 0.25) is 0 Å². The van der Waals surface area contributed by atoms with Crippen LogP contribution in [0.15, 0.2) is 0 Å². The van der Waals surface area contributed by atoms with E-state index < -0.39 is 0 Å². The van der Waals surface area contributed by atoms with Crippen LogP contribution in [0.4, 0.5) is 0 Å². The van der Waals surface area contributed by atoms with E-state index in [2.05, 4.69) is 0 Å². The second-order valence-electron chi connectivity index (χ2n) is 1.06. The molecular formula is C4H8BO. The molecule has 0 fully saturated rings. The molecule has 0 amide bonds. The lowest BCUT2D eigenvalue weighted by molar-refractivity contribution is -0.116. The molecule has 0 aliphatic rings. The van der Waals surface area contributed by atoms with Gasteiger partial charge in [0.1, 0.15) is 5.78 Å². The summed E-state index contributed by atoms with van der Waals surface area (Å²) < 4.78 is 0. The SMILES string of the molecule is CCC(C)=O.[B]. The Kier molecular flexibility index (Phi) is 7.27. The van der Waals surface area contributed by atoms with Gasteiger partial charge < -0.3 is 4.79 Å². The third kappa shape index (κ3) is 9.28. The molecule has 0 aromatic carbocycles. The van der Waals surface area contributed by atoms with E-state index >= 15 is 0 Å². The van der Waals surface area contributed by atoms with Crippen LogP contribution in [0.3, 0.4) is 0 Å². The summed E-state index contributed by atoms with van der Waals surface area (Å²) in [6.07, 6.45) is 0.667. The molecule has 2 heteroatoms. The zero-order chi connectivity index (χ0) is 4.28. The molecule has 0 aromatic heterocycles. The number of rotatable bonds is 1. The number of hydrogen-bond donors (Lipinski definition) is 0. The van der Waals surface area contributed by atoms with Gasteiger partial charge >= 0.3 is 0 Å². The fourth-order valence-corrected chi connectivity index (χ4v) is 0. The summed E-state index contributed by atoms with van der Waals surface area (Å²) in [4.78, 5) is 9.81. The molecule has 0 saturated carbocycles. The average Bonchev–Trinajstić information content (AvgIpc) is 1.38. The van der Waals surface area contributed by atoms with E-state index in [0.717, 1.165) is 0 Å². The maximum Gasteiger partial charge on any atom is 0.129 e. The van der Waals surface area contributed by atoms with Crippen molar-refractivity contribution >= 4 is 14.2 Å². The number of ketones is 1. The number of carbonyl (C=O) groups excluding carboxylic acids is 1. The van der Waals surface area contributed by atoms with E-state index in [1.54, 1.807) is 6.92 Å². The lowest BCUT2D eigenvalue weighted by atomic mass is 10.4. The van der Waals surface area contributed by atoms with Crippen molar-refractivity contribution in [2.75, 3.05) is 0 Å². The predicted octanol–water partition coefficient (Wildman–Crippen LogP) is 0.605. The first-order valence-corrected chi connectivity index (χ1v) is 1.76. The predicted molar refractivity (Wildman–Crippen MR) is 26.7 cm³/mol. The van der Waals surface area contributed by atoms with Gasteiger partial charge in [0.2, 0.25) is 0 Å². The third-order valence-electron chi connectivity index (χ3n) is 0.498. The molecule has 0 aromatic rings. The van der Waals surface area contributed by atoms with Crippen molar-refractivity contribution < 1.29 is 4.79 Å². The highest BCUT2D eigenvalue weighted by Crippen LogP contribution is 1.71. The first kappa shape index (κ1) is 9.22. The van der Waals surface area contributed by atoms with Crippen molar-refractivity contribution in [3.63, 3.8) is 0 Å². The molecule has 0 N–H and O–H groups in total. The van der Waals surface area contributed by atoms with Crippen molar-refractivity contribution in [1.82, 2.24) is 0 Å². The molecule has 1 nitrogen and oxygen atoms in total. The third-order valence-corrected chi connectivity index (χ3v) is 0.498. The van der Waals surface area contributed by atoms with Crippen molar-refractivity contribution in [2.45, 2.75) is 20.3 Å². The number of hydrogen-bond acceptors (Lipinski definition) is 1. The van der Waals surface area contributed by atoms with Crippen molar-refractivity contribution in [3.05, 3.63) is 0 Å². The lowest BCUT2D eigenvalue weighted by Gasteiger charge is -1.71. The molecule has 3 radical (unpaired) electrons. The van der Waals surface area contributed by atoms with E-state index in [9.17, 15) is 4.79 Å². The fraction of sp³-hybridized carbons (Fsp3) is 0.750. The van der Waals surface area contributed by atoms with Gasteiger partial charge in [-0.25, -0.2) is 0 Å². The Hall–Kier alpha value is -0.265. The van der Waals surface area contributed by atoms with Gasteiger partial charge in [0.05, 0.1) is 0 Å². The summed E-state index contributed by atoms with van der Waals surface area (Å²) in [7, 11) is 0. The van der Waals surface area contributed by atoms with Crippen LogP contribution >= 0.6 is 0 Å². The summed E-state index contributed by atoms with van der Waals surface area (Å²) in [5.41, 5.74) is 0. The number of Topliss-reactive ketones (excluding diaryl/α,β-unsaturated/α-hetero) is 1. The van der Waals surface area contributed by atoms with E-state index in [4.69, 9.17) is 0 Å². The van der Waals surface area contributed by atoms with Gasteiger partial charge in [-0.05, 0) is 6.92 Å². The molecule has 0 spiro atoms. The first-order valence-electron chi connectivity index (χ1n) is 1.76. The van der Waals surface area contributed by atoms with Gasteiger partial charge in [-0.2, -0.15) is 0 Å². The molecule has 0 heterocycles. The van der Waals surface area contributed by atoms with E-state index in [1.807, 2.05) is 6.92 Å². The van der Waals surface area contributed by atoms with Gasteiger partial charge in [-0.3, -0.25) is 0 Å². The van der Waals surface area contributed by atoms with Crippen LogP contribution in [0.1, 0.15) is 20.3 Å². The van der Waals surface area contributed by atoms with Gasteiger partial charge in [-0.1, -0.05) is 6.92 Å². The van der Waals surface area contributed by atoms with Crippen LogP contribution in [-0.2, 0) is 4.79 Å². The second-order valence-corrected chi connectivity index (χ2v) is 1.06. The standard InChI is InChI=1S/C4H8O.B/c1-3-4(2)5;/h3H2,1-2H3;. The summed E-state index contributed by atoms with van der Waals surface area (Å²) >= 11 is 0. The van der Waals surface area contributed by atoms with Crippen LogP contribution in [-0.4, -0.2) is 14.2 Å². The summed E-state index contributed by atoms with van der Waals surface area (Å²) in [5.74, 6) is 0.255. The smallest absolute Gasteiger partial charge is 0.129 e. The van der Waals surface area contributed by atoms with Crippen LogP contribution in [0, 0.1) is 0 Å². The highest BCUT2D eigenvalue weighted by molar-refractivity contribution is 5.75. The highest BCUT2D eigenvalue weighted by Gasteiger charge is 1.76. The average molecular weight is 82.9 g/mol. The Morgan fingerprint density at radius 1 is 1.67 bits per heavy atom. The van der Waals surface area contributed by atoms with E-state index in [1.165, 1.54) is 0 Å². The van der Waals surface area contributed by atoms with Crippen LogP contribution in [0.5, 0.6) is 0 Å². The molecule has 6 heavy (non-hydrogen) atoms. The van der Waals surface area contributed by atoms with E-state index in [-0.39, 0.29) is 14.2 Å². The summed E-state index contributed by atoms with van der Waals surface area (Å²) in [6, 6.07) is 0. The minimum absolute atomic E-state index is 0. The lowest BCUT2D eigenvalue weighted by Crippen LogP contribution is -1.80. The van der Waals surface area contributed by atoms with Gasteiger partial charge in [-0.15, -0.1) is 0 Å². The van der Waals surface area contributed by atoms with Gasteiger partial charge in [0, 0.05) is 14.8 Å². The first-order chi connectivity index (χ1) is 2.27. The second kappa shape index (κ2) is 4.73. The zero-order valence-corrected chi connectivity index (χ0v) is 4.19. The van der Waals surface area contributed by atoms with Crippen molar-refractivity contribution in [3.8, 4) is 0 Å². The van der Waals surface area contributed by atoms with Gasteiger partial charge in [0.15, 0.2) is 0 Å². The molecule has 0 aliphatic heterocycles. The quantitative estimate of drug-likeness (QED) is 0.424. The zero-order valence-electron chi connectivity index (χ0n) is 4.19. The van der Waals surface area contributed by atoms with Crippen LogP contribution < -0.4 is 0 Å². The molecule has 0 rings (SSSR count). The molecule has 0 bridgehead atoms. The topological polar surface area (TPSA) is 17.1 Å². The minimum atomic E-state index is 0. The van der Waals surface area contributed by atoms with Crippen molar-refractivity contribution in [1.29, 1.82) is 0 Å². The van der Waals surface area contributed by atoms with Crippen molar-refractivity contribution in [2.24, 2.45) is 0 Å². The number of carbonyl (C=O) groups is 1. The fourth-order valence-electron chi connectivity index (χ4n) is 0. The molecule has 0 unspecified atom stereocenters. The minimum Gasteiger partial charge on any atom is -0.300 e. The van der Waals surface area contributed by atoms with Gasteiger partial charge in [0.25, 0.3) is 0 Å². The Balaban J connectivity index is 0. The Labute approximate surface area is 40.3 Å². The normalized spacial score (nSPS) is 6.33. The molecule has 0 atom stereocenters. The maximum atomic E-state index is 9.81. The molecule has 33 valence electrons.